The molecule has 0 saturated heterocycles. The Labute approximate surface area is 255 Å². The normalized spacial score (nSPS) is 11.3. The average molecular weight is 579 g/mol. The van der Waals surface area contributed by atoms with Crippen LogP contribution in [-0.4, -0.2) is 18.9 Å². The van der Waals surface area contributed by atoms with Crippen LogP contribution in [0.1, 0.15) is 21.5 Å². The third kappa shape index (κ3) is 6.01. The fourth-order valence-electron chi connectivity index (χ4n) is 5.05. The molecule has 6 nitrogen and oxygen atoms in total. The second kappa shape index (κ2) is 12.5. The van der Waals surface area contributed by atoms with Crippen molar-refractivity contribution in [1.29, 1.82) is 0 Å². The van der Waals surface area contributed by atoms with Crippen LogP contribution in [0.15, 0.2) is 138 Å². The quantitative estimate of drug-likeness (QED) is 0.178. The van der Waals surface area contributed by atoms with E-state index in [0.717, 1.165) is 33.4 Å². The van der Waals surface area contributed by atoms with Crippen molar-refractivity contribution in [3.8, 4) is 28.2 Å². The van der Waals surface area contributed by atoms with E-state index < -0.39 is 11.8 Å². The molecule has 0 aliphatic carbocycles. The van der Waals surface area contributed by atoms with Gasteiger partial charge < -0.3 is 19.8 Å². The van der Waals surface area contributed by atoms with Crippen LogP contribution in [0.2, 0.25) is 0 Å². The number of amides is 2. The van der Waals surface area contributed by atoms with Gasteiger partial charge >= 0.3 is 0 Å². The number of rotatable bonds is 8. The van der Waals surface area contributed by atoms with Gasteiger partial charge in [-0.2, -0.15) is 0 Å². The van der Waals surface area contributed by atoms with Crippen LogP contribution in [0, 0.1) is 6.92 Å². The molecule has 0 aliphatic rings. The van der Waals surface area contributed by atoms with E-state index in [9.17, 15) is 9.59 Å². The first-order valence-corrected chi connectivity index (χ1v) is 14.2. The third-order valence-corrected chi connectivity index (χ3v) is 7.28. The molecule has 5 aromatic carbocycles. The molecular formula is C38H30N2O4. The number of furan rings is 1. The van der Waals surface area contributed by atoms with Crippen LogP contribution in [0.5, 0.6) is 5.75 Å². The monoisotopic (exact) mass is 578 g/mol. The number of benzene rings is 5. The summed E-state index contributed by atoms with van der Waals surface area (Å²) in [6.07, 6.45) is 1.61. The highest BCUT2D eigenvalue weighted by Gasteiger charge is 2.21. The maximum absolute atomic E-state index is 13.6. The van der Waals surface area contributed by atoms with Gasteiger partial charge in [0.15, 0.2) is 0 Å². The zero-order valence-corrected chi connectivity index (χ0v) is 24.3. The van der Waals surface area contributed by atoms with Gasteiger partial charge in [-0.3, -0.25) is 9.59 Å². The Hall–Kier alpha value is -5.88. The molecule has 1 aromatic heterocycles. The lowest BCUT2D eigenvalue weighted by atomic mass is 9.97. The molecule has 0 fully saturated rings. The zero-order valence-electron chi connectivity index (χ0n) is 24.3. The highest BCUT2D eigenvalue weighted by molar-refractivity contribution is 6.11. The van der Waals surface area contributed by atoms with Crippen LogP contribution in [0.4, 0.5) is 5.69 Å². The number of methoxy groups -OCH3 is 1. The Morgan fingerprint density at radius 2 is 1.36 bits per heavy atom. The zero-order chi connectivity index (χ0) is 30.5. The van der Waals surface area contributed by atoms with Crippen molar-refractivity contribution >= 4 is 34.5 Å². The fraction of sp³-hybridized carbons (Fsp3) is 0.0526. The van der Waals surface area contributed by atoms with Crippen molar-refractivity contribution in [3.63, 3.8) is 0 Å². The van der Waals surface area contributed by atoms with Crippen LogP contribution < -0.4 is 15.4 Å². The Balaban J connectivity index is 1.48. The summed E-state index contributed by atoms with van der Waals surface area (Å²) in [7, 11) is 1.58. The number of hydrogen-bond donors (Lipinski definition) is 2. The van der Waals surface area contributed by atoms with Gasteiger partial charge in [0.2, 0.25) is 0 Å². The molecule has 0 saturated carbocycles. The largest absolute Gasteiger partial charge is 0.496 e. The molecule has 2 N–H and O–H groups in total. The van der Waals surface area contributed by atoms with Gasteiger partial charge in [-0.25, -0.2) is 0 Å². The van der Waals surface area contributed by atoms with E-state index >= 15 is 0 Å². The molecule has 0 unspecified atom stereocenters. The summed E-state index contributed by atoms with van der Waals surface area (Å²) in [5, 5.41) is 6.56. The fourth-order valence-corrected chi connectivity index (χ4v) is 5.05. The third-order valence-electron chi connectivity index (χ3n) is 7.28. The van der Waals surface area contributed by atoms with Gasteiger partial charge in [0.25, 0.3) is 11.8 Å². The molecule has 0 aliphatic heterocycles. The van der Waals surface area contributed by atoms with Gasteiger partial charge in [0.05, 0.1) is 7.11 Å². The maximum atomic E-state index is 13.6. The molecule has 1 heterocycles. The lowest BCUT2D eigenvalue weighted by Crippen LogP contribution is -2.30. The number of nitrogens with one attached hydrogen (secondary N) is 2. The lowest BCUT2D eigenvalue weighted by molar-refractivity contribution is -0.113. The number of carbonyl (C=O) groups is 2. The van der Waals surface area contributed by atoms with Crippen molar-refractivity contribution in [2.75, 3.05) is 12.4 Å². The minimum atomic E-state index is -0.477. The molecule has 6 heteroatoms. The van der Waals surface area contributed by atoms with Crippen molar-refractivity contribution in [2.45, 2.75) is 6.92 Å². The summed E-state index contributed by atoms with van der Waals surface area (Å²) in [5.41, 5.74) is 6.21. The molecule has 216 valence electrons. The van der Waals surface area contributed by atoms with Crippen LogP contribution >= 0.6 is 0 Å². The van der Waals surface area contributed by atoms with E-state index in [4.69, 9.17) is 9.15 Å². The standard InChI is InChI=1S/C38H30N2O4/c1-25-18-20-30(21-19-25)39-38(42)32(40-37(41)28-16-10-5-11-17-28)22-29-23-34-31(24-33(29)43-2)35(26-12-6-3-7-13-26)36(44-34)27-14-8-4-9-15-27/h3-24H,1-2H3,(H,39,42)(H,40,41)/b32-22+. The van der Waals surface area contributed by atoms with Crippen molar-refractivity contribution in [3.05, 3.63) is 150 Å². The van der Waals surface area contributed by atoms with Crippen LogP contribution in [0.25, 0.3) is 39.5 Å². The number of hydrogen-bond acceptors (Lipinski definition) is 4. The SMILES string of the molecule is COc1cc2c(-c3ccccc3)c(-c3ccccc3)oc2cc1/C=C(/NC(=O)c1ccccc1)C(=O)Nc1ccc(C)cc1. The van der Waals surface area contributed by atoms with Crippen LogP contribution in [-0.2, 0) is 4.79 Å². The van der Waals surface area contributed by atoms with Gasteiger partial charge in [0, 0.05) is 33.3 Å². The van der Waals surface area contributed by atoms with Crippen LogP contribution in [0.3, 0.4) is 0 Å². The van der Waals surface area contributed by atoms with Gasteiger partial charge in [-0.1, -0.05) is 96.6 Å². The Morgan fingerprint density at radius 1 is 0.750 bits per heavy atom. The van der Waals surface area contributed by atoms with E-state index in [1.807, 2.05) is 110 Å². The van der Waals surface area contributed by atoms with E-state index in [2.05, 4.69) is 10.6 Å². The summed E-state index contributed by atoms with van der Waals surface area (Å²) < 4.78 is 12.3. The lowest BCUT2D eigenvalue weighted by Gasteiger charge is -2.13. The Morgan fingerprint density at radius 3 is 2.00 bits per heavy atom. The van der Waals surface area contributed by atoms with Crippen molar-refractivity contribution in [1.82, 2.24) is 5.32 Å². The molecule has 0 spiro atoms. The van der Waals surface area contributed by atoms with Gasteiger partial charge in [-0.05, 0) is 55.0 Å². The van der Waals surface area contributed by atoms with E-state index in [0.29, 0.717) is 28.1 Å². The highest BCUT2D eigenvalue weighted by atomic mass is 16.5. The van der Waals surface area contributed by atoms with E-state index in [1.54, 1.807) is 37.5 Å². The number of aryl methyl sites for hydroxylation is 1. The molecule has 6 aromatic rings. The molecule has 0 atom stereocenters. The maximum Gasteiger partial charge on any atom is 0.272 e. The molecule has 0 bridgehead atoms. The summed E-state index contributed by atoms with van der Waals surface area (Å²) in [4.78, 5) is 26.8. The van der Waals surface area contributed by atoms with Crippen molar-refractivity contribution in [2.24, 2.45) is 0 Å². The Bertz CT molecular complexity index is 1960. The summed E-state index contributed by atoms with van der Waals surface area (Å²) in [5.74, 6) is 0.357. The molecule has 6 rings (SSSR count). The minimum Gasteiger partial charge on any atom is -0.496 e. The van der Waals surface area contributed by atoms with E-state index in [1.165, 1.54) is 0 Å². The molecule has 0 radical (unpaired) electrons. The first kappa shape index (κ1) is 28.2. The molecular weight excluding hydrogens is 548 g/mol. The molecule has 2 amide bonds. The topological polar surface area (TPSA) is 80.6 Å². The first-order chi connectivity index (χ1) is 21.5. The number of carbonyl (C=O) groups excluding carboxylic acids is 2. The smallest absolute Gasteiger partial charge is 0.272 e. The van der Waals surface area contributed by atoms with Gasteiger partial charge in [-0.15, -0.1) is 0 Å². The summed E-state index contributed by atoms with van der Waals surface area (Å²) in [6, 6.07) is 39.9. The number of ether oxygens (including phenoxy) is 1. The summed E-state index contributed by atoms with van der Waals surface area (Å²) in [6.45, 7) is 1.97. The highest BCUT2D eigenvalue weighted by Crippen LogP contribution is 2.43. The number of anilines is 1. The predicted molar refractivity (Wildman–Crippen MR) is 175 cm³/mol. The second-order valence-corrected chi connectivity index (χ2v) is 10.3. The average Bonchev–Trinajstić information content (AvgIpc) is 3.44. The molecule has 44 heavy (non-hydrogen) atoms. The minimum absolute atomic E-state index is 0.0511. The Kier molecular flexibility index (Phi) is 8.06. The number of fused-ring (bicyclic) bond motifs is 1. The van der Waals surface area contributed by atoms with E-state index in [-0.39, 0.29) is 5.70 Å². The second-order valence-electron chi connectivity index (χ2n) is 10.3. The predicted octanol–water partition coefficient (Wildman–Crippen LogP) is 8.49. The van der Waals surface area contributed by atoms with Crippen molar-refractivity contribution < 1.29 is 18.7 Å². The van der Waals surface area contributed by atoms with Gasteiger partial charge in [0.1, 0.15) is 22.8 Å². The first-order valence-electron chi connectivity index (χ1n) is 14.2. The summed E-state index contributed by atoms with van der Waals surface area (Å²) >= 11 is 0.